The zero-order chi connectivity index (χ0) is 26.6. The monoisotopic (exact) mass is 542 g/mol. The van der Waals surface area contributed by atoms with E-state index in [1.807, 2.05) is 29.1 Å². The van der Waals surface area contributed by atoms with Crippen LogP contribution >= 0.6 is 11.8 Å². The van der Waals surface area contributed by atoms with Crippen LogP contribution in [-0.2, 0) is 24.3 Å². The normalized spacial score (nSPS) is 17.7. The molecule has 0 radical (unpaired) electrons. The van der Waals surface area contributed by atoms with E-state index in [2.05, 4.69) is 51.9 Å². The Kier molecular flexibility index (Phi) is 8.13. The summed E-state index contributed by atoms with van der Waals surface area (Å²) in [4.78, 5) is 27.9. The first-order valence-corrected chi connectivity index (χ1v) is 15.5. The predicted octanol–water partition coefficient (Wildman–Crippen LogP) is 4.78. The van der Waals surface area contributed by atoms with E-state index < -0.39 is 0 Å². The molecular weight excluding hydrogens is 504 g/mol. The second-order valence-electron chi connectivity index (χ2n) is 10.7. The van der Waals surface area contributed by atoms with Gasteiger partial charge in [0, 0.05) is 59.8 Å². The van der Waals surface area contributed by atoms with Crippen LogP contribution in [0.4, 0.5) is 0 Å². The number of nitrogens with two attached hydrogens (primary N) is 1. The van der Waals surface area contributed by atoms with Crippen LogP contribution in [0.25, 0.3) is 21.8 Å². The molecule has 2 aliphatic rings. The second-order valence-corrected chi connectivity index (χ2v) is 11.9. The van der Waals surface area contributed by atoms with Gasteiger partial charge in [0.05, 0.1) is 22.9 Å². The van der Waals surface area contributed by atoms with Crippen molar-refractivity contribution < 1.29 is 4.79 Å². The smallest absolute Gasteiger partial charge is 0.242 e. The Morgan fingerprint density at radius 3 is 2.77 bits per heavy atom. The van der Waals surface area contributed by atoms with Gasteiger partial charge in [0.15, 0.2) is 0 Å². The maximum absolute atomic E-state index is 13.5. The number of aromatic nitrogens is 3. The molecule has 1 fully saturated rings. The van der Waals surface area contributed by atoms with Crippen molar-refractivity contribution in [2.75, 3.05) is 37.7 Å². The van der Waals surface area contributed by atoms with Gasteiger partial charge in [0.25, 0.3) is 0 Å². The molecule has 4 heterocycles. The minimum Gasteiger partial charge on any atom is -0.339 e. The van der Waals surface area contributed by atoms with Crippen LogP contribution in [-0.4, -0.2) is 67.9 Å². The zero-order valence-electron chi connectivity index (χ0n) is 22.6. The molecule has 204 valence electrons. The molecule has 2 N–H and O–H groups in total. The van der Waals surface area contributed by atoms with E-state index in [-0.39, 0.29) is 11.9 Å². The second kappa shape index (κ2) is 12.1. The van der Waals surface area contributed by atoms with E-state index in [4.69, 9.17) is 15.7 Å². The van der Waals surface area contributed by atoms with E-state index in [9.17, 15) is 4.79 Å². The van der Waals surface area contributed by atoms with Crippen molar-refractivity contribution in [2.45, 2.75) is 51.2 Å². The minimum absolute atomic E-state index is 0.193. The fourth-order valence-corrected chi connectivity index (χ4v) is 7.24. The van der Waals surface area contributed by atoms with E-state index in [0.29, 0.717) is 19.6 Å². The van der Waals surface area contributed by atoms with E-state index in [1.54, 1.807) is 0 Å². The lowest BCUT2D eigenvalue weighted by Crippen LogP contribution is -2.39. The number of para-hydroxylation sites is 1. The van der Waals surface area contributed by atoms with Gasteiger partial charge in [-0.25, -0.2) is 0 Å². The molecule has 6 rings (SSSR count). The van der Waals surface area contributed by atoms with Crippen LogP contribution in [0.2, 0.25) is 0 Å². The molecule has 1 aromatic carbocycles. The third-order valence-electron chi connectivity index (χ3n) is 8.27. The van der Waals surface area contributed by atoms with Gasteiger partial charge in [0.1, 0.15) is 6.54 Å². The summed E-state index contributed by atoms with van der Waals surface area (Å²) < 4.78 is 2.22. The summed E-state index contributed by atoms with van der Waals surface area (Å²) in [7, 11) is 0. The number of nitrogens with zero attached hydrogens (tertiary/aromatic N) is 5. The quantitative estimate of drug-likeness (QED) is 0.307. The summed E-state index contributed by atoms with van der Waals surface area (Å²) in [5, 5.41) is 2.35. The van der Waals surface area contributed by atoms with E-state index in [1.165, 1.54) is 22.0 Å². The van der Waals surface area contributed by atoms with Gasteiger partial charge < -0.3 is 15.2 Å². The molecule has 3 aromatic heterocycles. The van der Waals surface area contributed by atoms with Crippen molar-refractivity contribution in [3.63, 3.8) is 0 Å². The van der Waals surface area contributed by atoms with Crippen molar-refractivity contribution in [3.05, 3.63) is 71.8 Å². The Labute approximate surface area is 234 Å². The number of hydrogen-bond donors (Lipinski definition) is 1. The minimum atomic E-state index is 0.193. The summed E-state index contributed by atoms with van der Waals surface area (Å²) in [6, 6.07) is 15.1. The highest BCUT2D eigenvalue weighted by molar-refractivity contribution is 7.99. The van der Waals surface area contributed by atoms with Gasteiger partial charge in [-0.05, 0) is 69.0 Å². The molecule has 8 heteroatoms. The first kappa shape index (κ1) is 26.3. The highest BCUT2D eigenvalue weighted by Gasteiger charge is 2.29. The van der Waals surface area contributed by atoms with Crippen molar-refractivity contribution in [1.82, 2.24) is 24.3 Å². The molecule has 4 aromatic rings. The summed E-state index contributed by atoms with van der Waals surface area (Å²) in [5.41, 5.74) is 11.7. The number of fused-ring (bicyclic) bond motifs is 4. The zero-order valence-corrected chi connectivity index (χ0v) is 23.4. The highest BCUT2D eigenvalue weighted by atomic mass is 32.2. The molecule has 1 atom stereocenters. The molecule has 1 aliphatic carbocycles. The maximum Gasteiger partial charge on any atom is 0.242 e. The van der Waals surface area contributed by atoms with Crippen LogP contribution < -0.4 is 5.73 Å². The van der Waals surface area contributed by atoms with Crippen LogP contribution in [0.15, 0.2) is 54.9 Å². The average molecular weight is 543 g/mol. The molecule has 7 nitrogen and oxygen atoms in total. The topological polar surface area (TPSA) is 80.3 Å². The highest BCUT2D eigenvalue weighted by Crippen LogP contribution is 2.36. The van der Waals surface area contributed by atoms with Crippen LogP contribution in [0.3, 0.4) is 0 Å². The standard InChI is InChI=1S/C31H38N6OS/c32-13-3-4-16-36(28-11-5-7-23-8-6-14-34-30(23)28)21-26-31-25(12-15-33-26)24-9-1-2-10-27(24)37(31)22-29(38)35-17-19-39-20-18-35/h1-2,6,8-10,12,14-15,28H,3-5,7,11,13,16-22,32H2/t28-/m0/s1. The molecule has 0 spiro atoms. The average Bonchev–Trinajstić information content (AvgIpc) is 3.31. The molecule has 1 saturated heterocycles. The Morgan fingerprint density at radius 2 is 1.90 bits per heavy atom. The molecule has 1 aliphatic heterocycles. The van der Waals surface area contributed by atoms with E-state index >= 15 is 0 Å². The number of unbranched alkanes of at least 4 members (excludes halogenated alkanes) is 1. The van der Waals surface area contributed by atoms with Crippen molar-refractivity contribution >= 4 is 39.5 Å². The molecule has 1 amide bonds. The first-order valence-electron chi connectivity index (χ1n) is 14.3. The number of aryl methyl sites for hydroxylation is 1. The Bertz CT molecular complexity index is 1450. The Hall–Kier alpha value is -2.94. The van der Waals surface area contributed by atoms with Crippen molar-refractivity contribution in [3.8, 4) is 0 Å². The van der Waals surface area contributed by atoms with Gasteiger partial charge >= 0.3 is 0 Å². The molecule has 0 bridgehead atoms. The maximum atomic E-state index is 13.5. The lowest BCUT2D eigenvalue weighted by atomic mass is 9.90. The van der Waals surface area contributed by atoms with Gasteiger partial charge in [-0.1, -0.05) is 24.3 Å². The van der Waals surface area contributed by atoms with Crippen LogP contribution in [0.5, 0.6) is 0 Å². The third kappa shape index (κ3) is 5.42. The van der Waals surface area contributed by atoms with Crippen LogP contribution in [0.1, 0.15) is 48.7 Å². The van der Waals surface area contributed by atoms with E-state index in [0.717, 1.165) is 80.0 Å². The largest absolute Gasteiger partial charge is 0.339 e. The fourth-order valence-electron chi connectivity index (χ4n) is 6.34. The summed E-state index contributed by atoms with van der Waals surface area (Å²) in [5.74, 6) is 2.22. The summed E-state index contributed by atoms with van der Waals surface area (Å²) in [6.07, 6.45) is 9.25. The molecule has 0 unspecified atom stereocenters. The first-order chi connectivity index (χ1) is 19.2. The number of pyridine rings is 2. The lowest BCUT2D eigenvalue weighted by molar-refractivity contribution is -0.131. The summed E-state index contributed by atoms with van der Waals surface area (Å²) in [6.45, 7) is 4.36. The SMILES string of the molecule is NCCCCN(Cc1nccc2c3ccccc3n(CC(=O)N3CCSCC3)c12)[C@H]1CCCc2cccnc21. The fraction of sp³-hybridized carbons (Fsp3) is 0.452. The number of rotatable bonds is 9. The number of amides is 1. The number of carbonyl (C=O) groups excluding carboxylic acids is 1. The van der Waals surface area contributed by atoms with Gasteiger partial charge in [-0.2, -0.15) is 11.8 Å². The lowest BCUT2D eigenvalue weighted by Gasteiger charge is -2.35. The number of benzene rings is 1. The Balaban J connectivity index is 1.40. The number of hydrogen-bond acceptors (Lipinski definition) is 6. The predicted molar refractivity (Wildman–Crippen MR) is 160 cm³/mol. The number of carbonyl (C=O) groups is 1. The van der Waals surface area contributed by atoms with Crippen molar-refractivity contribution in [1.29, 1.82) is 0 Å². The molecule has 0 saturated carbocycles. The Morgan fingerprint density at radius 1 is 1.03 bits per heavy atom. The number of thioether (sulfide) groups is 1. The third-order valence-corrected chi connectivity index (χ3v) is 9.21. The van der Waals surface area contributed by atoms with Crippen LogP contribution in [0, 0.1) is 0 Å². The van der Waals surface area contributed by atoms with Gasteiger partial charge in [-0.3, -0.25) is 19.7 Å². The molecule has 39 heavy (non-hydrogen) atoms. The van der Waals surface area contributed by atoms with Crippen molar-refractivity contribution in [2.24, 2.45) is 5.73 Å². The molecular formula is C31H38N6OS. The van der Waals surface area contributed by atoms with Gasteiger partial charge in [0.2, 0.25) is 5.91 Å². The summed E-state index contributed by atoms with van der Waals surface area (Å²) >= 11 is 1.93. The van der Waals surface area contributed by atoms with Gasteiger partial charge in [-0.15, -0.1) is 0 Å².